The van der Waals surface area contributed by atoms with Crippen molar-refractivity contribution >= 4 is 71.5 Å². The zero-order chi connectivity index (χ0) is 48.4. The predicted octanol–water partition coefficient (Wildman–Crippen LogP) is 7.20. The minimum absolute atomic E-state index is 0. The molecule has 0 amide bonds. The summed E-state index contributed by atoms with van der Waals surface area (Å²) < 4.78 is 0. The van der Waals surface area contributed by atoms with Gasteiger partial charge in [-0.2, -0.15) is 0 Å². The van der Waals surface area contributed by atoms with Crippen LogP contribution in [0, 0.1) is 0 Å². The first-order valence-electron chi connectivity index (χ1n) is 20.7. The maximum Gasteiger partial charge on any atom is 4.00 e. The minimum Gasteiger partial charge on any atom is -0.545 e. The summed E-state index contributed by atoms with van der Waals surface area (Å²) in [7, 11) is 0. The molecular weight excluding hydrogens is 1050 g/mol. The number of aromatic carboxylic acids is 4. The van der Waals surface area contributed by atoms with E-state index in [1.54, 1.807) is 97.7 Å². The summed E-state index contributed by atoms with van der Waals surface area (Å²) in [6.45, 7) is 0. The van der Waals surface area contributed by atoms with E-state index in [0.717, 1.165) is 22.3 Å². The van der Waals surface area contributed by atoms with Gasteiger partial charge in [-0.25, -0.2) is 0 Å². The van der Waals surface area contributed by atoms with Crippen molar-refractivity contribution in [3.63, 3.8) is 0 Å². The average Bonchev–Trinajstić information content (AvgIpc) is 3.38. The van der Waals surface area contributed by atoms with Crippen LogP contribution in [-0.4, -0.2) is 48.7 Å². The van der Waals surface area contributed by atoms with Gasteiger partial charge in [0.05, 0.1) is 46.6 Å². The normalized spacial score (nSPS) is 10.4. The van der Waals surface area contributed by atoms with Gasteiger partial charge >= 0.3 is 20.1 Å². The van der Waals surface area contributed by atoms with Gasteiger partial charge in [-0.15, -0.1) is 0 Å². The molecule has 0 saturated carbocycles. The maximum atomic E-state index is 10.8. The van der Waals surface area contributed by atoms with E-state index in [4.69, 9.17) is 0 Å². The third-order valence-corrected chi connectivity index (χ3v) is 9.10. The molecule has 0 aliphatic rings. The first-order valence-corrected chi connectivity index (χ1v) is 20.7. The Morgan fingerprint density at radius 2 is 0.420 bits per heavy atom. The molecule has 13 heteroatoms. The van der Waals surface area contributed by atoms with Gasteiger partial charge in [0.15, 0.2) is 0 Å². The topological polar surface area (TPSA) is 210 Å². The number of hydrogen-bond acceptors (Lipinski definition) is 12. The smallest absolute Gasteiger partial charge is 0.545 e. The zero-order valence-corrected chi connectivity index (χ0v) is 38.9. The summed E-state index contributed by atoms with van der Waals surface area (Å²) in [5.41, 5.74) is 5.65. The summed E-state index contributed by atoms with van der Waals surface area (Å²) in [5.74, 6) is -4.87. The summed E-state index contributed by atoms with van der Waals surface area (Å²) in [4.78, 5) is 60.0. The van der Waals surface area contributed by atoms with Crippen molar-refractivity contribution < 1.29 is 59.7 Å². The fourth-order valence-corrected chi connectivity index (χ4v) is 5.77. The van der Waals surface area contributed by atoms with Crippen molar-refractivity contribution in [1.82, 2.24) is 0 Å². The molecule has 0 N–H and O–H groups in total. The van der Waals surface area contributed by atoms with E-state index >= 15 is 0 Å². The van der Waals surface area contributed by atoms with Crippen molar-refractivity contribution in [1.29, 1.82) is 0 Å². The molecule has 0 unspecified atom stereocenters. The van der Waals surface area contributed by atoms with Gasteiger partial charge < -0.3 is 39.6 Å². The van der Waals surface area contributed by atoms with Gasteiger partial charge in [-0.3, -0.25) is 20.0 Å². The number of hydrogen-bond donors (Lipinski definition) is 0. The van der Waals surface area contributed by atoms with Crippen LogP contribution >= 0.6 is 0 Å². The number of nitrogens with zero attached hydrogens (tertiary/aromatic N) is 4. The second kappa shape index (κ2) is 28.8. The molecule has 8 aromatic rings. The van der Waals surface area contributed by atoms with Crippen LogP contribution in [0.3, 0.4) is 0 Å². The van der Waals surface area contributed by atoms with Gasteiger partial charge in [-0.1, -0.05) is 194 Å². The standard InChI is InChI=1S/4C14H11NO2.Ir/c4*16-14(17)12-8-4-5-9-13(12)15-10-11-6-2-1-3-7-11;/h4*1-10H,(H,16,17);/q;;;;+4/p-4. The molecule has 8 aromatic carbocycles. The number of carbonyl (C=O) groups is 4. The van der Waals surface area contributed by atoms with Gasteiger partial charge in [-0.05, 0) is 46.5 Å². The van der Waals surface area contributed by atoms with Crippen LogP contribution in [0.15, 0.2) is 238 Å². The summed E-state index contributed by atoms with van der Waals surface area (Å²) in [5, 5.41) is 43.4. The first kappa shape index (κ1) is 52.6. The Kier molecular flexibility index (Phi) is 21.9. The molecular formula is C56H40IrN4O8. The molecule has 1 radical (unpaired) electrons. The van der Waals surface area contributed by atoms with Crippen LogP contribution in [0.1, 0.15) is 63.7 Å². The Labute approximate surface area is 412 Å². The first-order chi connectivity index (χ1) is 33.1. The fraction of sp³-hybridized carbons (Fsp3) is 0. The molecule has 0 heterocycles. The molecule has 0 aliphatic heterocycles. The molecule has 0 fully saturated rings. The molecule has 0 spiro atoms. The quantitative estimate of drug-likeness (QED) is 0.114. The maximum absolute atomic E-state index is 10.8. The molecule has 0 saturated heterocycles. The number of rotatable bonds is 12. The molecule has 0 bridgehead atoms. The zero-order valence-electron chi connectivity index (χ0n) is 36.5. The van der Waals surface area contributed by atoms with Gasteiger partial charge in [0.2, 0.25) is 0 Å². The summed E-state index contributed by atoms with van der Waals surface area (Å²) in [6, 6.07) is 64.0. The Morgan fingerprint density at radius 1 is 0.261 bits per heavy atom. The van der Waals surface area contributed by atoms with Crippen LogP contribution in [0.2, 0.25) is 0 Å². The van der Waals surface area contributed by atoms with E-state index in [0.29, 0.717) is 22.7 Å². The Bertz CT molecular complexity index is 2610. The van der Waals surface area contributed by atoms with Crippen LogP contribution < -0.4 is 20.4 Å². The largest absolute Gasteiger partial charge is 4.00 e. The van der Waals surface area contributed by atoms with E-state index in [1.807, 2.05) is 121 Å². The van der Waals surface area contributed by atoms with Crippen molar-refractivity contribution in [2.24, 2.45) is 20.0 Å². The van der Waals surface area contributed by atoms with E-state index in [9.17, 15) is 39.6 Å². The third-order valence-electron chi connectivity index (χ3n) is 9.10. The number of carboxylic acid groups (broad SMARTS) is 4. The fourth-order valence-electron chi connectivity index (χ4n) is 5.77. The second-order valence-electron chi connectivity index (χ2n) is 13.9. The summed E-state index contributed by atoms with van der Waals surface area (Å²) >= 11 is 0. The number of carbonyl (C=O) groups excluding carboxylic acids is 4. The molecule has 0 atom stereocenters. The van der Waals surface area contributed by atoms with Gasteiger partial charge in [0.25, 0.3) is 0 Å². The molecule has 69 heavy (non-hydrogen) atoms. The van der Waals surface area contributed by atoms with Gasteiger partial charge in [0.1, 0.15) is 0 Å². The van der Waals surface area contributed by atoms with E-state index < -0.39 is 23.9 Å². The number of benzene rings is 8. The monoisotopic (exact) mass is 1090 g/mol. The van der Waals surface area contributed by atoms with Crippen LogP contribution in [0.5, 0.6) is 0 Å². The van der Waals surface area contributed by atoms with Gasteiger partial charge in [0, 0.05) is 47.1 Å². The Balaban J connectivity index is 0.000000199. The van der Waals surface area contributed by atoms with Crippen molar-refractivity contribution in [2.75, 3.05) is 0 Å². The minimum atomic E-state index is -1.22. The van der Waals surface area contributed by atoms with Crippen molar-refractivity contribution in [3.05, 3.63) is 263 Å². The Morgan fingerprint density at radius 3 is 0.594 bits per heavy atom. The van der Waals surface area contributed by atoms with Crippen LogP contribution in [0.25, 0.3) is 0 Å². The van der Waals surface area contributed by atoms with Crippen molar-refractivity contribution in [2.45, 2.75) is 0 Å². The molecule has 8 rings (SSSR count). The molecule has 0 aromatic heterocycles. The van der Waals surface area contributed by atoms with E-state index in [-0.39, 0.29) is 42.4 Å². The molecule has 341 valence electrons. The Hall–Kier alpha value is -9.03. The van der Waals surface area contributed by atoms with E-state index in [1.165, 1.54) is 24.3 Å². The number of para-hydroxylation sites is 4. The third kappa shape index (κ3) is 18.1. The summed E-state index contributed by atoms with van der Waals surface area (Å²) in [6.07, 6.45) is 6.51. The predicted molar refractivity (Wildman–Crippen MR) is 258 cm³/mol. The van der Waals surface area contributed by atoms with Crippen molar-refractivity contribution in [3.8, 4) is 0 Å². The van der Waals surface area contributed by atoms with Crippen LogP contribution in [0.4, 0.5) is 22.7 Å². The number of aliphatic imine (C=N–C) groups is 4. The molecule has 0 aliphatic carbocycles. The van der Waals surface area contributed by atoms with Crippen LogP contribution in [-0.2, 0) is 20.1 Å². The SMILES string of the molecule is O=C([O-])c1ccccc1N=Cc1ccccc1.O=C([O-])c1ccccc1N=Cc1ccccc1.O=C([O-])c1ccccc1N=Cc1ccccc1.O=C([O-])c1ccccc1N=Cc1ccccc1.[Ir+4]. The molecule has 12 nitrogen and oxygen atoms in total. The average molecular weight is 1090 g/mol. The van der Waals surface area contributed by atoms with E-state index in [2.05, 4.69) is 20.0 Å². The number of carboxylic acids is 4. The second-order valence-corrected chi connectivity index (χ2v) is 13.9.